The molecule has 0 bridgehead atoms. The Morgan fingerprint density at radius 3 is 2.40 bits per heavy atom. The van der Waals surface area contributed by atoms with Crippen LogP contribution in [0.4, 0.5) is 4.79 Å². The van der Waals surface area contributed by atoms with E-state index in [9.17, 15) is 34.2 Å². The average Bonchev–Trinajstić information content (AvgIpc) is 3.53. The van der Waals surface area contributed by atoms with Crippen molar-refractivity contribution in [3.63, 3.8) is 0 Å². The van der Waals surface area contributed by atoms with Crippen LogP contribution in [0.5, 0.6) is 5.75 Å². The predicted molar refractivity (Wildman–Crippen MR) is 161 cm³/mol. The molecule has 1 fully saturated rings. The van der Waals surface area contributed by atoms with Crippen molar-refractivity contribution in [1.82, 2.24) is 24.6 Å². The summed E-state index contributed by atoms with van der Waals surface area (Å²) in [6.07, 6.45) is -0.208. The average molecular weight is 624 g/mol. The number of rotatable bonds is 11. The molecule has 45 heavy (non-hydrogen) atoms. The minimum atomic E-state index is -1.19. The van der Waals surface area contributed by atoms with Gasteiger partial charge in [-0.25, -0.2) is 23.9 Å². The number of unbranched alkanes of at least 4 members (excludes halogenated alkanes) is 1. The fourth-order valence-electron chi connectivity index (χ4n) is 5.02. The van der Waals surface area contributed by atoms with Crippen LogP contribution in [0.3, 0.4) is 0 Å². The van der Waals surface area contributed by atoms with Gasteiger partial charge in [0.25, 0.3) is 5.91 Å². The number of carboxylic acid groups (broad SMARTS) is 2. The molecule has 240 valence electrons. The molecule has 3 aromatic rings. The van der Waals surface area contributed by atoms with Gasteiger partial charge in [-0.2, -0.15) is 0 Å². The molecule has 0 radical (unpaired) electrons. The highest BCUT2D eigenvalue weighted by Gasteiger charge is 2.42. The lowest BCUT2D eigenvalue weighted by atomic mass is 10.1. The first-order valence-corrected chi connectivity index (χ1v) is 14.5. The van der Waals surface area contributed by atoms with Gasteiger partial charge >= 0.3 is 23.7 Å². The molecule has 14 heteroatoms. The van der Waals surface area contributed by atoms with Crippen molar-refractivity contribution in [3.8, 4) is 17.1 Å². The van der Waals surface area contributed by atoms with Crippen molar-refractivity contribution in [3.05, 3.63) is 70.1 Å². The van der Waals surface area contributed by atoms with Crippen molar-refractivity contribution >= 4 is 23.9 Å². The number of benzene rings is 2. The van der Waals surface area contributed by atoms with Gasteiger partial charge in [0.05, 0.1) is 17.7 Å². The Kier molecular flexibility index (Phi) is 9.95. The number of aliphatic carboxylic acids is 1. The van der Waals surface area contributed by atoms with Gasteiger partial charge in [0.1, 0.15) is 23.5 Å². The number of hydrogen-bond acceptors (Lipinski definition) is 8. The van der Waals surface area contributed by atoms with Crippen LogP contribution in [0.25, 0.3) is 11.4 Å². The van der Waals surface area contributed by atoms with Gasteiger partial charge in [-0.05, 0) is 57.9 Å². The van der Waals surface area contributed by atoms with Crippen LogP contribution in [0.2, 0.25) is 0 Å². The van der Waals surface area contributed by atoms with E-state index in [2.05, 4.69) is 10.4 Å². The largest absolute Gasteiger partial charge is 0.488 e. The van der Waals surface area contributed by atoms with E-state index in [1.165, 1.54) is 21.4 Å². The molecular formula is C31H37N5O9. The Morgan fingerprint density at radius 2 is 1.73 bits per heavy atom. The lowest BCUT2D eigenvalue weighted by molar-refractivity contribution is -0.142. The smallest absolute Gasteiger partial charge is 0.411 e. The van der Waals surface area contributed by atoms with Crippen molar-refractivity contribution in [2.24, 2.45) is 7.05 Å². The van der Waals surface area contributed by atoms with E-state index in [0.717, 1.165) is 4.90 Å². The van der Waals surface area contributed by atoms with Crippen molar-refractivity contribution < 1.29 is 38.9 Å². The Hall–Kier alpha value is -5.14. The maximum atomic E-state index is 12.9. The minimum absolute atomic E-state index is 0.0306. The number of hydrogen-bond donors (Lipinski definition) is 3. The number of carbonyl (C=O) groups excluding carboxylic acids is 2. The normalized spacial score (nSPS) is 16.3. The van der Waals surface area contributed by atoms with E-state index in [-0.39, 0.29) is 36.3 Å². The summed E-state index contributed by atoms with van der Waals surface area (Å²) in [5, 5.41) is 26.1. The van der Waals surface area contributed by atoms with Crippen LogP contribution in [-0.4, -0.2) is 84.2 Å². The third kappa shape index (κ3) is 8.08. The SMILES string of the molecule is Cn1nc(-c2cccc(O[C@H]3C[C@@H](C(=O)O)N(C(=O)OC(C)(C)C)C3)c2)n(CCCCNC(=O)c2ccccc2C(=O)O)c1=O. The zero-order valence-corrected chi connectivity index (χ0v) is 25.6. The summed E-state index contributed by atoms with van der Waals surface area (Å²) in [5.41, 5.74) is -0.521. The number of carboxylic acids is 2. The third-order valence-corrected chi connectivity index (χ3v) is 7.08. The zero-order valence-electron chi connectivity index (χ0n) is 25.6. The number of aromatic carboxylic acids is 1. The van der Waals surface area contributed by atoms with E-state index in [4.69, 9.17) is 9.47 Å². The third-order valence-electron chi connectivity index (χ3n) is 7.08. The highest BCUT2D eigenvalue weighted by molar-refractivity contribution is 6.04. The summed E-state index contributed by atoms with van der Waals surface area (Å²) >= 11 is 0. The highest BCUT2D eigenvalue weighted by atomic mass is 16.6. The molecule has 14 nitrogen and oxygen atoms in total. The Morgan fingerprint density at radius 1 is 1.02 bits per heavy atom. The molecule has 0 saturated carbocycles. The van der Waals surface area contributed by atoms with E-state index in [1.54, 1.807) is 64.2 Å². The second kappa shape index (κ2) is 13.7. The minimum Gasteiger partial charge on any atom is -0.488 e. The quantitative estimate of drug-likeness (QED) is 0.269. The lowest BCUT2D eigenvalue weighted by Gasteiger charge is -2.26. The van der Waals surface area contributed by atoms with Crippen LogP contribution in [-0.2, 0) is 23.1 Å². The molecule has 0 spiro atoms. The van der Waals surface area contributed by atoms with E-state index < -0.39 is 41.7 Å². The second-order valence-electron chi connectivity index (χ2n) is 11.7. The number of likely N-dealkylation sites (tertiary alicyclic amines) is 1. The fourth-order valence-corrected chi connectivity index (χ4v) is 5.02. The van der Waals surface area contributed by atoms with Gasteiger partial charge in [0.2, 0.25) is 0 Å². The monoisotopic (exact) mass is 623 g/mol. The standard InChI is InChI=1S/C31H37N5O9/c1-31(2,3)45-30(43)36-18-21(17-24(36)28(40)41)44-20-11-9-10-19(16-20)25-33-34(4)29(42)35(25)15-8-7-14-32-26(37)22-12-5-6-13-23(22)27(38)39/h5-6,9-13,16,21,24H,7-8,14-15,17-18H2,1-4H3,(H,32,37)(H,38,39)(H,40,41)/t21-,24-/m0/s1. The van der Waals surface area contributed by atoms with Crippen molar-refractivity contribution in [2.75, 3.05) is 13.1 Å². The number of nitrogens with zero attached hydrogens (tertiary/aromatic N) is 4. The first kappa shape index (κ1) is 32.8. The number of ether oxygens (including phenoxy) is 2. The van der Waals surface area contributed by atoms with Crippen LogP contribution < -0.4 is 15.7 Å². The van der Waals surface area contributed by atoms with Gasteiger partial charge in [-0.15, -0.1) is 5.10 Å². The van der Waals surface area contributed by atoms with Crippen LogP contribution in [0.1, 0.15) is 60.7 Å². The van der Waals surface area contributed by atoms with E-state index >= 15 is 0 Å². The molecular weight excluding hydrogens is 586 g/mol. The molecule has 0 unspecified atom stereocenters. The van der Waals surface area contributed by atoms with Gasteiger partial charge in [-0.3, -0.25) is 14.3 Å². The number of carbonyl (C=O) groups is 4. The molecule has 2 atom stereocenters. The van der Waals surface area contributed by atoms with Crippen LogP contribution in [0.15, 0.2) is 53.3 Å². The zero-order chi connectivity index (χ0) is 32.9. The Labute approximate surface area is 259 Å². The van der Waals surface area contributed by atoms with E-state index in [0.29, 0.717) is 36.5 Å². The summed E-state index contributed by atoms with van der Waals surface area (Å²) < 4.78 is 14.2. The van der Waals surface area contributed by atoms with Crippen molar-refractivity contribution in [2.45, 2.75) is 64.3 Å². The van der Waals surface area contributed by atoms with E-state index in [1.807, 2.05) is 0 Å². The molecule has 1 aromatic heterocycles. The van der Waals surface area contributed by atoms with Crippen LogP contribution in [0, 0.1) is 0 Å². The van der Waals surface area contributed by atoms with Gasteiger partial charge in [0, 0.05) is 32.1 Å². The molecule has 2 amide bonds. The molecule has 4 rings (SSSR count). The molecule has 2 aromatic carbocycles. The highest BCUT2D eigenvalue weighted by Crippen LogP contribution is 2.28. The topological polar surface area (TPSA) is 182 Å². The van der Waals surface area contributed by atoms with Gasteiger partial charge in [-0.1, -0.05) is 24.3 Å². The molecule has 1 saturated heterocycles. The fraction of sp³-hybridized carbons (Fsp3) is 0.419. The molecule has 2 heterocycles. The first-order valence-electron chi connectivity index (χ1n) is 14.5. The molecule has 1 aliphatic heterocycles. The maximum Gasteiger partial charge on any atom is 0.411 e. The maximum absolute atomic E-state index is 12.9. The lowest BCUT2D eigenvalue weighted by Crippen LogP contribution is -2.43. The molecule has 1 aliphatic rings. The van der Waals surface area contributed by atoms with Gasteiger partial charge in [0.15, 0.2) is 5.82 Å². The number of aromatic nitrogens is 3. The number of aryl methyl sites for hydroxylation is 1. The Bertz CT molecular complexity index is 1640. The second-order valence-corrected chi connectivity index (χ2v) is 11.7. The number of amides is 2. The molecule has 3 N–H and O–H groups in total. The summed E-state index contributed by atoms with van der Waals surface area (Å²) in [4.78, 5) is 62.5. The number of nitrogens with one attached hydrogen (secondary N) is 1. The Balaban J connectivity index is 1.39. The van der Waals surface area contributed by atoms with Crippen LogP contribution >= 0.6 is 0 Å². The summed E-state index contributed by atoms with van der Waals surface area (Å²) in [6.45, 7) is 5.73. The summed E-state index contributed by atoms with van der Waals surface area (Å²) in [7, 11) is 1.54. The summed E-state index contributed by atoms with van der Waals surface area (Å²) in [5.74, 6) is -2.01. The predicted octanol–water partition coefficient (Wildman–Crippen LogP) is 3.00. The first-order chi connectivity index (χ1) is 21.2. The van der Waals surface area contributed by atoms with Crippen molar-refractivity contribution in [1.29, 1.82) is 0 Å². The molecule has 0 aliphatic carbocycles. The summed E-state index contributed by atoms with van der Waals surface area (Å²) in [6, 6.07) is 11.8. The van der Waals surface area contributed by atoms with Gasteiger partial charge < -0.3 is 25.0 Å².